The second-order valence-electron chi connectivity index (χ2n) is 7.81. The number of alkyl carbamates (subject to hydrolysis) is 1. The molecule has 2 amide bonds. The van der Waals surface area contributed by atoms with E-state index < -0.39 is 33.2 Å². The Morgan fingerprint density at radius 3 is 2.50 bits per heavy atom. The van der Waals surface area contributed by atoms with Crippen LogP contribution in [-0.2, 0) is 19.6 Å². The predicted octanol–water partition coefficient (Wildman–Crippen LogP) is 2.07. The third kappa shape index (κ3) is 5.09. The van der Waals surface area contributed by atoms with E-state index >= 15 is 0 Å². The molecule has 2 rings (SSSR count). The number of sulfonamides is 1. The molecule has 0 radical (unpaired) electrons. The van der Waals surface area contributed by atoms with E-state index in [4.69, 9.17) is 4.74 Å². The fourth-order valence-corrected chi connectivity index (χ4v) is 4.30. The molecule has 7 nitrogen and oxygen atoms in total. The molecule has 2 aliphatic rings. The quantitative estimate of drug-likeness (QED) is 0.745. The number of fused-ring (bicyclic) bond motifs is 1. The van der Waals surface area contributed by atoms with Crippen molar-refractivity contribution in [3.63, 3.8) is 0 Å². The van der Waals surface area contributed by atoms with Crippen LogP contribution in [-0.4, -0.2) is 37.3 Å². The molecule has 1 saturated heterocycles. The van der Waals surface area contributed by atoms with Gasteiger partial charge in [-0.15, -0.1) is 0 Å². The molecular formula is C16H28N2O5S. The Morgan fingerprint density at radius 2 is 1.83 bits per heavy atom. The average Bonchev–Trinajstić information content (AvgIpc) is 3.07. The van der Waals surface area contributed by atoms with Gasteiger partial charge in [0.15, 0.2) is 0 Å². The summed E-state index contributed by atoms with van der Waals surface area (Å²) in [5.41, 5.74) is -1.84. The molecule has 1 saturated carbocycles. The van der Waals surface area contributed by atoms with Crippen LogP contribution in [0.5, 0.6) is 0 Å². The van der Waals surface area contributed by atoms with Crippen molar-refractivity contribution in [3.8, 4) is 0 Å². The van der Waals surface area contributed by atoms with E-state index in [0.29, 0.717) is 12.8 Å². The minimum absolute atomic E-state index is 0.0420. The minimum atomic E-state index is -3.67. The van der Waals surface area contributed by atoms with Crippen molar-refractivity contribution in [2.45, 2.75) is 76.9 Å². The van der Waals surface area contributed by atoms with E-state index in [9.17, 15) is 18.0 Å². The topological polar surface area (TPSA) is 102 Å². The molecule has 0 aromatic heterocycles. The third-order valence-corrected chi connectivity index (χ3v) is 5.77. The smallest absolute Gasteiger partial charge is 0.408 e. The zero-order valence-electron chi connectivity index (χ0n) is 14.7. The van der Waals surface area contributed by atoms with Gasteiger partial charge in [0.25, 0.3) is 5.91 Å². The first kappa shape index (κ1) is 19.0. The van der Waals surface area contributed by atoms with Gasteiger partial charge in [0.05, 0.1) is 5.75 Å². The fraction of sp³-hybridized carbons (Fsp3) is 0.875. The molecule has 8 heteroatoms. The second kappa shape index (κ2) is 6.90. The summed E-state index contributed by atoms with van der Waals surface area (Å²) in [7, 11) is -3.67. The second-order valence-corrected chi connectivity index (χ2v) is 9.65. The van der Waals surface area contributed by atoms with E-state index in [2.05, 4.69) is 10.0 Å². The van der Waals surface area contributed by atoms with Crippen LogP contribution < -0.4 is 10.0 Å². The molecular weight excluding hydrogens is 332 g/mol. The van der Waals surface area contributed by atoms with Crippen molar-refractivity contribution in [2.24, 2.45) is 5.92 Å². The van der Waals surface area contributed by atoms with Gasteiger partial charge in [-0.1, -0.05) is 25.7 Å². The van der Waals surface area contributed by atoms with Crippen LogP contribution in [0.3, 0.4) is 0 Å². The van der Waals surface area contributed by atoms with Crippen LogP contribution >= 0.6 is 0 Å². The van der Waals surface area contributed by atoms with E-state index in [1.165, 1.54) is 0 Å². The lowest BCUT2D eigenvalue weighted by Gasteiger charge is -2.24. The maximum atomic E-state index is 12.5. The Balaban J connectivity index is 2.12. The molecule has 2 fully saturated rings. The van der Waals surface area contributed by atoms with Crippen LogP contribution in [0.15, 0.2) is 0 Å². The molecule has 1 heterocycles. The fourth-order valence-electron chi connectivity index (χ4n) is 3.15. The van der Waals surface area contributed by atoms with Gasteiger partial charge in [0, 0.05) is 0 Å². The van der Waals surface area contributed by atoms with Crippen molar-refractivity contribution in [2.75, 3.05) is 5.75 Å². The summed E-state index contributed by atoms with van der Waals surface area (Å²) in [5.74, 6) is -0.745. The van der Waals surface area contributed by atoms with Gasteiger partial charge in [-0.3, -0.25) is 9.52 Å². The van der Waals surface area contributed by atoms with Crippen molar-refractivity contribution in [3.05, 3.63) is 0 Å². The standard InChI is InChI=1S/C16H28N2O5S/c1-15(2,3)23-14(20)17-16-11-12(16)9-7-5-4-6-8-10-24(21,22)18-13(16)19/h12H,4-11H2,1-3H3,(H,17,20)(H,18,19)/t12?,16-/m1/s1. The molecule has 0 spiro atoms. The lowest BCUT2D eigenvalue weighted by atomic mass is 10.1. The van der Waals surface area contributed by atoms with Crippen molar-refractivity contribution < 1.29 is 22.7 Å². The number of hydrogen-bond acceptors (Lipinski definition) is 5. The highest BCUT2D eigenvalue weighted by molar-refractivity contribution is 7.90. The number of hydrogen-bond donors (Lipinski definition) is 2. The molecule has 138 valence electrons. The molecule has 0 aromatic carbocycles. The summed E-state index contributed by atoms with van der Waals surface area (Å²) >= 11 is 0. The number of nitrogens with one attached hydrogen (secondary N) is 2. The summed E-state index contributed by atoms with van der Waals surface area (Å²) in [6, 6.07) is 0. The Morgan fingerprint density at radius 1 is 1.21 bits per heavy atom. The number of ether oxygens (including phenoxy) is 1. The van der Waals surface area contributed by atoms with Crippen molar-refractivity contribution >= 4 is 22.0 Å². The Kier molecular flexibility index (Phi) is 5.47. The highest BCUT2D eigenvalue weighted by Crippen LogP contribution is 2.47. The molecule has 2 atom stereocenters. The average molecular weight is 360 g/mol. The van der Waals surface area contributed by atoms with Crippen molar-refractivity contribution in [1.29, 1.82) is 0 Å². The van der Waals surface area contributed by atoms with Crippen LogP contribution in [0.1, 0.15) is 65.7 Å². The lowest BCUT2D eigenvalue weighted by molar-refractivity contribution is -0.122. The normalized spacial score (nSPS) is 30.8. The number of rotatable bonds is 1. The summed E-state index contributed by atoms with van der Waals surface area (Å²) in [5, 5.41) is 2.63. The summed E-state index contributed by atoms with van der Waals surface area (Å²) in [6.07, 6.45) is 4.92. The van der Waals surface area contributed by atoms with E-state index in [-0.39, 0.29) is 11.7 Å². The van der Waals surface area contributed by atoms with Crippen LogP contribution in [0.2, 0.25) is 0 Å². The number of carbonyl (C=O) groups excluding carboxylic acids is 2. The van der Waals surface area contributed by atoms with Gasteiger partial charge in [-0.05, 0) is 46.0 Å². The molecule has 2 N–H and O–H groups in total. The predicted molar refractivity (Wildman–Crippen MR) is 89.8 cm³/mol. The first-order valence-corrected chi connectivity index (χ1v) is 10.3. The highest BCUT2D eigenvalue weighted by atomic mass is 32.2. The number of carbonyl (C=O) groups is 2. The van der Waals surface area contributed by atoms with Gasteiger partial charge < -0.3 is 10.1 Å². The molecule has 1 aliphatic heterocycles. The summed E-state index contributed by atoms with van der Waals surface area (Å²) < 4.78 is 31.4. The minimum Gasteiger partial charge on any atom is -0.444 e. The Labute approximate surface area is 143 Å². The Bertz CT molecular complexity index is 596. The first-order chi connectivity index (χ1) is 11.0. The van der Waals surface area contributed by atoms with Crippen LogP contribution in [0, 0.1) is 5.92 Å². The highest BCUT2D eigenvalue weighted by Gasteiger charge is 2.61. The largest absolute Gasteiger partial charge is 0.444 e. The number of amides is 2. The summed E-state index contributed by atoms with van der Waals surface area (Å²) in [4.78, 5) is 24.6. The molecule has 1 unspecified atom stereocenters. The molecule has 0 aromatic rings. The van der Waals surface area contributed by atoms with E-state index in [1.807, 2.05) is 0 Å². The maximum Gasteiger partial charge on any atom is 0.408 e. The lowest BCUT2D eigenvalue weighted by Crippen LogP contribution is -2.53. The zero-order valence-corrected chi connectivity index (χ0v) is 15.5. The van der Waals surface area contributed by atoms with Crippen LogP contribution in [0.25, 0.3) is 0 Å². The van der Waals surface area contributed by atoms with Crippen molar-refractivity contribution in [1.82, 2.24) is 10.0 Å². The van der Waals surface area contributed by atoms with E-state index in [1.54, 1.807) is 20.8 Å². The summed E-state index contributed by atoms with van der Waals surface area (Å²) in [6.45, 7) is 5.21. The van der Waals surface area contributed by atoms with Gasteiger partial charge in [-0.25, -0.2) is 13.2 Å². The van der Waals surface area contributed by atoms with Gasteiger partial charge in [-0.2, -0.15) is 0 Å². The molecule has 0 bridgehead atoms. The molecule has 24 heavy (non-hydrogen) atoms. The Hall–Kier alpha value is -1.31. The van der Waals surface area contributed by atoms with Gasteiger partial charge >= 0.3 is 6.09 Å². The van der Waals surface area contributed by atoms with Crippen LogP contribution in [0.4, 0.5) is 4.79 Å². The maximum absolute atomic E-state index is 12.5. The SMILES string of the molecule is CC(C)(C)OC(=O)N[C@]12CC1CCCCCCCS(=O)(=O)NC2=O. The van der Waals surface area contributed by atoms with Gasteiger partial charge in [0.1, 0.15) is 11.1 Å². The zero-order chi connectivity index (χ0) is 18.0. The van der Waals surface area contributed by atoms with E-state index in [0.717, 1.165) is 32.1 Å². The first-order valence-electron chi connectivity index (χ1n) is 8.60. The monoisotopic (exact) mass is 360 g/mol. The molecule has 1 aliphatic carbocycles. The third-order valence-electron chi connectivity index (χ3n) is 4.45. The van der Waals surface area contributed by atoms with Gasteiger partial charge in [0.2, 0.25) is 10.0 Å².